The summed E-state index contributed by atoms with van der Waals surface area (Å²) in [4.78, 5) is 0. The average Bonchev–Trinajstić information content (AvgIpc) is 2.78. The summed E-state index contributed by atoms with van der Waals surface area (Å²) in [6.45, 7) is 1.94. The van der Waals surface area contributed by atoms with Gasteiger partial charge in [-0.25, -0.2) is 0 Å². The first-order chi connectivity index (χ1) is 6.32. The fourth-order valence-electron chi connectivity index (χ4n) is 2.48. The summed E-state index contributed by atoms with van der Waals surface area (Å²) in [5, 5.41) is 0. The van der Waals surface area contributed by atoms with Crippen LogP contribution in [0, 0.1) is 23.2 Å². The third kappa shape index (κ3) is 1.81. The predicted molar refractivity (Wildman–Crippen MR) is 60.0 cm³/mol. The lowest BCUT2D eigenvalue weighted by atomic mass is 9.75. The van der Waals surface area contributed by atoms with Gasteiger partial charge in [-0.3, -0.25) is 0 Å². The number of rotatable bonds is 3. The highest BCUT2D eigenvalue weighted by molar-refractivity contribution is 5.22. The zero-order chi connectivity index (χ0) is 9.31. The van der Waals surface area contributed by atoms with Crippen molar-refractivity contribution in [3.63, 3.8) is 0 Å². The maximum absolute atomic E-state index is 5.63. The maximum Gasteiger partial charge on any atom is 0.0764 e. The summed E-state index contributed by atoms with van der Waals surface area (Å²) in [6.07, 6.45) is 7.03. The van der Waals surface area contributed by atoms with Crippen molar-refractivity contribution in [3.8, 4) is 11.8 Å². The molecule has 2 rings (SSSR count). The minimum Gasteiger partial charge on any atom is -0.380 e. The van der Waals surface area contributed by atoms with Gasteiger partial charge in [0.1, 0.15) is 0 Å². The Labute approximate surface area is 88.2 Å². The van der Waals surface area contributed by atoms with Crippen LogP contribution in [0.2, 0.25) is 0 Å². The van der Waals surface area contributed by atoms with E-state index in [9.17, 15) is 0 Å². The van der Waals surface area contributed by atoms with Crippen LogP contribution in [0.15, 0.2) is 0 Å². The summed E-state index contributed by atoms with van der Waals surface area (Å²) in [7, 11) is 1.85. The lowest BCUT2D eigenvalue weighted by Crippen LogP contribution is -2.35. The Morgan fingerprint density at radius 3 is 2.29 bits per heavy atom. The maximum atomic E-state index is 5.63. The first-order valence-corrected chi connectivity index (χ1v) is 5.29. The van der Waals surface area contributed by atoms with Crippen molar-refractivity contribution in [2.45, 2.75) is 52.6 Å². The SMILES string of the molecule is C.CC#CC1(C(OC)C2CCC2)CC1. The van der Waals surface area contributed by atoms with Gasteiger partial charge in [0, 0.05) is 7.11 Å². The van der Waals surface area contributed by atoms with Crippen LogP contribution in [0.5, 0.6) is 0 Å². The van der Waals surface area contributed by atoms with E-state index in [1.807, 2.05) is 14.0 Å². The highest BCUT2D eigenvalue weighted by Crippen LogP contribution is 2.54. The smallest absolute Gasteiger partial charge is 0.0764 e. The van der Waals surface area contributed by atoms with Crippen molar-refractivity contribution in [2.24, 2.45) is 11.3 Å². The second-order valence-electron chi connectivity index (χ2n) is 4.38. The Kier molecular flexibility index (Phi) is 3.61. The molecule has 0 spiro atoms. The molecule has 80 valence electrons. The lowest BCUT2D eigenvalue weighted by molar-refractivity contribution is -0.0146. The summed E-state index contributed by atoms with van der Waals surface area (Å²) in [5.74, 6) is 7.22. The first kappa shape index (κ1) is 11.6. The molecule has 2 aliphatic rings. The minimum absolute atomic E-state index is 0. The Balaban J connectivity index is 0.000000980. The number of methoxy groups -OCH3 is 1. The molecule has 1 atom stereocenters. The molecular formula is C13H22O. The zero-order valence-electron chi connectivity index (χ0n) is 8.60. The van der Waals surface area contributed by atoms with E-state index < -0.39 is 0 Å². The molecule has 0 aromatic carbocycles. The summed E-state index contributed by atoms with van der Waals surface area (Å²) < 4.78 is 5.63. The van der Waals surface area contributed by atoms with Crippen molar-refractivity contribution in [1.82, 2.24) is 0 Å². The molecule has 0 N–H and O–H groups in total. The summed E-state index contributed by atoms with van der Waals surface area (Å²) in [5.41, 5.74) is 0.259. The lowest BCUT2D eigenvalue weighted by Gasteiger charge is -2.36. The average molecular weight is 194 g/mol. The van der Waals surface area contributed by atoms with Gasteiger partial charge >= 0.3 is 0 Å². The molecule has 0 aromatic heterocycles. The van der Waals surface area contributed by atoms with Crippen LogP contribution in [0.1, 0.15) is 46.5 Å². The van der Waals surface area contributed by atoms with E-state index in [-0.39, 0.29) is 12.8 Å². The van der Waals surface area contributed by atoms with Crippen molar-refractivity contribution in [2.75, 3.05) is 7.11 Å². The Bertz CT molecular complexity index is 238. The van der Waals surface area contributed by atoms with Gasteiger partial charge in [0.2, 0.25) is 0 Å². The van der Waals surface area contributed by atoms with Crippen molar-refractivity contribution in [3.05, 3.63) is 0 Å². The van der Waals surface area contributed by atoms with Crippen molar-refractivity contribution < 1.29 is 4.74 Å². The van der Waals surface area contributed by atoms with E-state index in [1.54, 1.807) is 0 Å². The molecule has 2 aliphatic carbocycles. The van der Waals surface area contributed by atoms with Gasteiger partial charge in [-0.1, -0.05) is 19.8 Å². The van der Waals surface area contributed by atoms with Gasteiger partial charge in [0.25, 0.3) is 0 Å². The largest absolute Gasteiger partial charge is 0.380 e. The molecule has 0 aromatic rings. The topological polar surface area (TPSA) is 9.23 Å². The van der Waals surface area contributed by atoms with Crippen LogP contribution in [-0.2, 0) is 4.74 Å². The van der Waals surface area contributed by atoms with Gasteiger partial charge in [0.15, 0.2) is 0 Å². The van der Waals surface area contributed by atoms with E-state index in [0.717, 1.165) is 5.92 Å². The highest BCUT2D eigenvalue weighted by atomic mass is 16.5. The fourth-order valence-corrected chi connectivity index (χ4v) is 2.48. The molecule has 0 bridgehead atoms. The van der Waals surface area contributed by atoms with Crippen LogP contribution in [0.3, 0.4) is 0 Å². The van der Waals surface area contributed by atoms with Crippen molar-refractivity contribution in [1.29, 1.82) is 0 Å². The molecule has 0 saturated heterocycles. The van der Waals surface area contributed by atoms with E-state index >= 15 is 0 Å². The van der Waals surface area contributed by atoms with Crippen molar-refractivity contribution >= 4 is 0 Å². The van der Waals surface area contributed by atoms with Gasteiger partial charge in [-0.05, 0) is 38.5 Å². The molecule has 14 heavy (non-hydrogen) atoms. The monoisotopic (exact) mass is 194 g/mol. The Morgan fingerprint density at radius 2 is 2.00 bits per heavy atom. The van der Waals surface area contributed by atoms with Gasteiger partial charge in [0.05, 0.1) is 11.5 Å². The Morgan fingerprint density at radius 1 is 1.36 bits per heavy atom. The predicted octanol–water partition coefficient (Wildman–Crippen LogP) is 3.24. The number of ether oxygens (including phenoxy) is 1. The first-order valence-electron chi connectivity index (χ1n) is 5.29. The standard InChI is InChI=1S/C12H18O.CH4/c1-3-7-12(8-9-12)11(13-2)10-5-4-6-10;/h10-11H,4-6,8-9H2,1-2H3;1H4. The zero-order valence-corrected chi connectivity index (χ0v) is 8.60. The second kappa shape index (κ2) is 4.36. The quantitative estimate of drug-likeness (QED) is 0.627. The molecule has 0 heterocycles. The second-order valence-corrected chi connectivity index (χ2v) is 4.38. The third-order valence-electron chi connectivity index (χ3n) is 3.54. The summed E-state index contributed by atoms with van der Waals surface area (Å²) >= 11 is 0. The number of hydrogen-bond donors (Lipinski definition) is 0. The Hall–Kier alpha value is -0.480. The molecule has 2 fully saturated rings. The third-order valence-corrected chi connectivity index (χ3v) is 3.54. The van der Waals surface area contributed by atoms with E-state index in [4.69, 9.17) is 4.74 Å². The minimum atomic E-state index is 0. The van der Waals surface area contributed by atoms with E-state index in [0.29, 0.717) is 6.10 Å². The van der Waals surface area contributed by atoms with Crippen LogP contribution in [0.25, 0.3) is 0 Å². The van der Waals surface area contributed by atoms with Crippen LogP contribution >= 0.6 is 0 Å². The van der Waals surface area contributed by atoms with Gasteiger partial charge in [-0.2, -0.15) is 0 Å². The molecule has 1 nitrogen and oxygen atoms in total. The van der Waals surface area contributed by atoms with Crippen LogP contribution in [0.4, 0.5) is 0 Å². The van der Waals surface area contributed by atoms with Crippen LogP contribution < -0.4 is 0 Å². The molecule has 1 heteroatoms. The van der Waals surface area contributed by atoms with Gasteiger partial charge in [-0.15, -0.1) is 5.92 Å². The van der Waals surface area contributed by atoms with E-state index in [2.05, 4.69) is 11.8 Å². The molecule has 0 radical (unpaired) electrons. The normalized spacial score (nSPS) is 25.0. The summed E-state index contributed by atoms with van der Waals surface area (Å²) in [6, 6.07) is 0. The molecule has 0 aliphatic heterocycles. The fraction of sp³-hybridized carbons (Fsp3) is 0.846. The molecule has 1 unspecified atom stereocenters. The molecular weight excluding hydrogens is 172 g/mol. The molecule has 0 amide bonds. The van der Waals surface area contributed by atoms with Gasteiger partial charge < -0.3 is 4.74 Å². The highest BCUT2D eigenvalue weighted by Gasteiger charge is 2.52. The number of hydrogen-bond acceptors (Lipinski definition) is 1. The van der Waals surface area contributed by atoms with Crippen LogP contribution in [-0.4, -0.2) is 13.2 Å². The van der Waals surface area contributed by atoms with E-state index in [1.165, 1.54) is 32.1 Å². The molecule has 2 saturated carbocycles.